The molecule has 1 atom stereocenters. The molecule has 0 aromatic rings. The van der Waals surface area contributed by atoms with E-state index >= 15 is 0 Å². The van der Waals surface area contributed by atoms with Crippen molar-refractivity contribution in [3.05, 3.63) is 0 Å². The Kier molecular flexibility index (Phi) is 7.39. The van der Waals surface area contributed by atoms with Crippen molar-refractivity contribution >= 4 is 12.0 Å². The molecule has 0 bridgehead atoms. The van der Waals surface area contributed by atoms with Crippen molar-refractivity contribution in [2.45, 2.75) is 47.0 Å². The second kappa shape index (κ2) is 7.95. The van der Waals surface area contributed by atoms with Gasteiger partial charge in [-0.05, 0) is 24.2 Å². The Morgan fingerprint density at radius 1 is 1.28 bits per heavy atom. The zero-order valence-electron chi connectivity index (χ0n) is 11.9. The molecule has 0 aliphatic rings. The van der Waals surface area contributed by atoms with Crippen LogP contribution in [0.15, 0.2) is 0 Å². The smallest absolute Gasteiger partial charge is 0.314 e. The fourth-order valence-electron chi connectivity index (χ4n) is 1.25. The predicted molar refractivity (Wildman–Crippen MR) is 71.5 cm³/mol. The third-order valence-corrected chi connectivity index (χ3v) is 3.15. The van der Waals surface area contributed by atoms with E-state index in [1.165, 1.54) is 0 Å². The van der Waals surface area contributed by atoms with Gasteiger partial charge in [0, 0.05) is 19.5 Å². The van der Waals surface area contributed by atoms with E-state index in [1.54, 1.807) is 0 Å². The summed E-state index contributed by atoms with van der Waals surface area (Å²) < 4.78 is 0. The van der Waals surface area contributed by atoms with Gasteiger partial charge in [0.1, 0.15) is 0 Å². The van der Waals surface area contributed by atoms with Crippen LogP contribution in [0.5, 0.6) is 0 Å². The fourth-order valence-corrected chi connectivity index (χ4v) is 1.25. The van der Waals surface area contributed by atoms with Crippen LogP contribution in [0.1, 0.15) is 47.0 Å². The van der Waals surface area contributed by atoms with Gasteiger partial charge in [0.05, 0.1) is 0 Å². The molecule has 0 aromatic carbocycles. The van der Waals surface area contributed by atoms with Gasteiger partial charge in [-0.1, -0.05) is 27.7 Å². The number of carbonyl (C=O) groups excluding carboxylic acids is 1. The minimum absolute atomic E-state index is 0.103. The summed E-state index contributed by atoms with van der Waals surface area (Å²) in [4.78, 5) is 21.9. The van der Waals surface area contributed by atoms with Crippen LogP contribution in [0.3, 0.4) is 0 Å². The average molecular weight is 258 g/mol. The minimum atomic E-state index is -0.795. The zero-order chi connectivity index (χ0) is 14.2. The summed E-state index contributed by atoms with van der Waals surface area (Å²) in [5, 5.41) is 14.1. The van der Waals surface area contributed by atoms with Crippen LogP contribution < -0.4 is 10.6 Å². The maximum absolute atomic E-state index is 11.5. The van der Waals surface area contributed by atoms with Crippen molar-refractivity contribution in [2.75, 3.05) is 13.1 Å². The van der Waals surface area contributed by atoms with Crippen molar-refractivity contribution < 1.29 is 14.7 Å². The van der Waals surface area contributed by atoms with Gasteiger partial charge in [0.25, 0.3) is 0 Å². The highest BCUT2D eigenvalue weighted by Crippen LogP contribution is 2.17. The number of hydrogen-bond donors (Lipinski definition) is 3. The summed E-state index contributed by atoms with van der Waals surface area (Å²) in [6.45, 7) is 9.36. The van der Waals surface area contributed by atoms with E-state index < -0.39 is 5.97 Å². The highest BCUT2D eigenvalue weighted by Gasteiger charge is 2.16. The molecule has 0 fully saturated rings. The molecule has 0 radical (unpaired) electrons. The molecule has 3 N–H and O–H groups in total. The van der Waals surface area contributed by atoms with Crippen LogP contribution in [0, 0.1) is 11.3 Å². The number of carboxylic acid groups (broad SMARTS) is 1. The van der Waals surface area contributed by atoms with E-state index in [-0.39, 0.29) is 23.8 Å². The van der Waals surface area contributed by atoms with Gasteiger partial charge in [0.15, 0.2) is 0 Å². The SMILES string of the molecule is CCC(C)(C)CNC(=O)NCC(C)CCC(=O)O. The number of aliphatic carboxylic acids is 1. The fraction of sp³-hybridized carbons (Fsp3) is 0.846. The second-order valence-electron chi connectivity index (χ2n) is 5.62. The van der Waals surface area contributed by atoms with E-state index in [0.29, 0.717) is 19.5 Å². The van der Waals surface area contributed by atoms with Crippen molar-refractivity contribution in [3.63, 3.8) is 0 Å². The first-order valence-electron chi connectivity index (χ1n) is 6.50. The Morgan fingerprint density at radius 2 is 1.89 bits per heavy atom. The van der Waals surface area contributed by atoms with Crippen LogP contribution in [-0.2, 0) is 4.79 Å². The Hall–Kier alpha value is -1.26. The lowest BCUT2D eigenvalue weighted by Gasteiger charge is -2.23. The molecule has 5 nitrogen and oxygen atoms in total. The topological polar surface area (TPSA) is 78.4 Å². The number of carboxylic acids is 1. The first-order chi connectivity index (χ1) is 8.26. The third kappa shape index (κ3) is 8.84. The number of hydrogen-bond acceptors (Lipinski definition) is 2. The molecular weight excluding hydrogens is 232 g/mol. The van der Waals surface area contributed by atoms with Gasteiger partial charge in [-0.3, -0.25) is 4.79 Å². The van der Waals surface area contributed by atoms with Gasteiger partial charge in [0.2, 0.25) is 0 Å². The highest BCUT2D eigenvalue weighted by molar-refractivity contribution is 5.73. The van der Waals surface area contributed by atoms with E-state index in [4.69, 9.17) is 5.11 Å². The average Bonchev–Trinajstić information content (AvgIpc) is 2.31. The molecule has 0 aliphatic heterocycles. The third-order valence-electron chi connectivity index (χ3n) is 3.15. The van der Waals surface area contributed by atoms with E-state index in [0.717, 1.165) is 6.42 Å². The Balaban J connectivity index is 3.73. The lowest BCUT2D eigenvalue weighted by molar-refractivity contribution is -0.137. The second-order valence-corrected chi connectivity index (χ2v) is 5.62. The highest BCUT2D eigenvalue weighted by atomic mass is 16.4. The van der Waals surface area contributed by atoms with Crippen LogP contribution >= 0.6 is 0 Å². The van der Waals surface area contributed by atoms with Crippen molar-refractivity contribution in [3.8, 4) is 0 Å². The van der Waals surface area contributed by atoms with Crippen molar-refractivity contribution in [1.82, 2.24) is 10.6 Å². The quantitative estimate of drug-likeness (QED) is 0.624. The molecule has 0 saturated heterocycles. The lowest BCUT2D eigenvalue weighted by Crippen LogP contribution is -2.42. The maximum Gasteiger partial charge on any atom is 0.314 e. The zero-order valence-corrected chi connectivity index (χ0v) is 11.9. The summed E-state index contributed by atoms with van der Waals surface area (Å²) in [7, 11) is 0. The van der Waals surface area contributed by atoms with Gasteiger partial charge in [-0.25, -0.2) is 4.79 Å². The Labute approximate surface area is 109 Å². The molecule has 0 aromatic heterocycles. The minimum Gasteiger partial charge on any atom is -0.481 e. The molecule has 0 heterocycles. The molecule has 0 rings (SSSR count). The molecule has 2 amide bonds. The van der Waals surface area contributed by atoms with Crippen LogP contribution in [0.25, 0.3) is 0 Å². The number of urea groups is 1. The molecule has 0 saturated carbocycles. The number of nitrogens with one attached hydrogen (secondary N) is 2. The summed E-state index contributed by atoms with van der Waals surface area (Å²) in [5.41, 5.74) is 0.103. The number of rotatable bonds is 8. The van der Waals surface area contributed by atoms with Crippen LogP contribution in [-0.4, -0.2) is 30.2 Å². The molecule has 106 valence electrons. The van der Waals surface area contributed by atoms with Crippen LogP contribution in [0.2, 0.25) is 0 Å². The Bertz CT molecular complexity index is 277. The van der Waals surface area contributed by atoms with Crippen LogP contribution in [0.4, 0.5) is 4.79 Å². The van der Waals surface area contributed by atoms with Gasteiger partial charge < -0.3 is 15.7 Å². The largest absolute Gasteiger partial charge is 0.481 e. The normalized spacial score (nSPS) is 12.9. The van der Waals surface area contributed by atoms with E-state index in [9.17, 15) is 9.59 Å². The number of carbonyl (C=O) groups is 2. The molecule has 0 spiro atoms. The molecule has 1 unspecified atom stereocenters. The molecular formula is C13H26N2O3. The van der Waals surface area contributed by atoms with Gasteiger partial charge in [-0.15, -0.1) is 0 Å². The van der Waals surface area contributed by atoms with Crippen molar-refractivity contribution in [1.29, 1.82) is 0 Å². The first-order valence-corrected chi connectivity index (χ1v) is 6.50. The summed E-state index contributed by atoms with van der Waals surface area (Å²) in [6, 6.07) is -0.182. The summed E-state index contributed by atoms with van der Waals surface area (Å²) in [5.74, 6) is -0.623. The van der Waals surface area contributed by atoms with Crippen molar-refractivity contribution in [2.24, 2.45) is 11.3 Å². The maximum atomic E-state index is 11.5. The number of amides is 2. The summed E-state index contributed by atoms with van der Waals surface area (Å²) >= 11 is 0. The first kappa shape index (κ1) is 16.7. The van der Waals surface area contributed by atoms with Gasteiger partial charge in [-0.2, -0.15) is 0 Å². The predicted octanol–water partition coefficient (Wildman–Crippen LogP) is 2.22. The molecule has 0 aliphatic carbocycles. The lowest BCUT2D eigenvalue weighted by atomic mass is 9.90. The molecule has 18 heavy (non-hydrogen) atoms. The van der Waals surface area contributed by atoms with Gasteiger partial charge >= 0.3 is 12.0 Å². The Morgan fingerprint density at radius 3 is 2.39 bits per heavy atom. The monoisotopic (exact) mass is 258 g/mol. The van der Waals surface area contributed by atoms with E-state index in [1.807, 2.05) is 6.92 Å². The molecule has 5 heteroatoms. The summed E-state index contributed by atoms with van der Waals surface area (Å²) in [6.07, 6.45) is 1.73. The van der Waals surface area contributed by atoms with E-state index in [2.05, 4.69) is 31.4 Å². The standard InChI is InChI=1S/C13H26N2O3/c1-5-13(3,4)9-15-12(18)14-8-10(2)6-7-11(16)17/h10H,5-9H2,1-4H3,(H,16,17)(H2,14,15,18).